The fourth-order valence-electron chi connectivity index (χ4n) is 0.495. The number of hydrogen-bond donors (Lipinski definition) is 1. The molecule has 0 radical (unpaired) electrons. The minimum Gasteiger partial charge on any atom is -0.366 e. The molecule has 0 aromatic rings. The van der Waals surface area contributed by atoms with Gasteiger partial charge in [-0.05, 0) is 12.5 Å². The molecule has 0 saturated heterocycles. The molecule has 0 atom stereocenters. The highest BCUT2D eigenvalue weighted by molar-refractivity contribution is 5.85. The van der Waals surface area contributed by atoms with Crippen LogP contribution >= 0.6 is 0 Å². The first-order valence-electron chi connectivity index (χ1n) is 3.25. The van der Waals surface area contributed by atoms with E-state index in [4.69, 9.17) is 11.0 Å². The van der Waals surface area contributed by atoms with Crippen molar-refractivity contribution in [2.45, 2.75) is 12.8 Å². The third-order valence-electron chi connectivity index (χ3n) is 0.930. The number of nitriles is 1. The van der Waals surface area contributed by atoms with Crippen LogP contribution in [0.3, 0.4) is 0 Å². The first kappa shape index (κ1) is 9.44. The SMILES string of the molecule is N#CCC=CCC=CC(N)=O. The van der Waals surface area contributed by atoms with E-state index in [-0.39, 0.29) is 0 Å². The van der Waals surface area contributed by atoms with Gasteiger partial charge in [-0.2, -0.15) is 5.26 Å². The Labute approximate surface area is 65.8 Å². The van der Waals surface area contributed by atoms with Crippen molar-refractivity contribution in [1.82, 2.24) is 0 Å². The molecule has 3 heteroatoms. The van der Waals surface area contributed by atoms with Crippen LogP contribution in [-0.2, 0) is 4.79 Å². The Hall–Kier alpha value is -1.56. The topological polar surface area (TPSA) is 66.9 Å². The van der Waals surface area contributed by atoms with Gasteiger partial charge >= 0.3 is 0 Å². The third kappa shape index (κ3) is 8.44. The van der Waals surface area contributed by atoms with E-state index in [2.05, 4.69) is 0 Å². The molecule has 0 rings (SSSR count). The maximum atomic E-state index is 10.1. The van der Waals surface area contributed by atoms with E-state index in [1.165, 1.54) is 6.08 Å². The largest absolute Gasteiger partial charge is 0.366 e. The van der Waals surface area contributed by atoms with Gasteiger partial charge in [0.05, 0.1) is 12.5 Å². The molecule has 0 heterocycles. The predicted octanol–water partition coefficient (Wildman–Crippen LogP) is 0.888. The van der Waals surface area contributed by atoms with Crippen molar-refractivity contribution in [2.24, 2.45) is 5.73 Å². The summed E-state index contributed by atoms with van der Waals surface area (Å²) in [4.78, 5) is 10.1. The molecule has 0 unspecified atom stereocenters. The minimum atomic E-state index is -0.446. The molecule has 11 heavy (non-hydrogen) atoms. The van der Waals surface area contributed by atoms with Crippen molar-refractivity contribution in [3.8, 4) is 6.07 Å². The maximum absolute atomic E-state index is 10.1. The number of nitrogens with zero attached hydrogens (tertiary/aromatic N) is 1. The summed E-state index contributed by atoms with van der Waals surface area (Å²) >= 11 is 0. The average molecular weight is 150 g/mol. The Morgan fingerprint density at radius 1 is 1.45 bits per heavy atom. The lowest BCUT2D eigenvalue weighted by atomic mass is 10.3. The highest BCUT2D eigenvalue weighted by atomic mass is 16.1. The molecular formula is C8H10N2O. The molecule has 0 aliphatic carbocycles. The standard InChI is InChI=1S/C8H10N2O/c9-7-5-3-1-2-4-6-8(10)11/h1,3-4,6H,2,5H2,(H2,10,11). The Balaban J connectivity index is 3.42. The van der Waals surface area contributed by atoms with Crippen molar-refractivity contribution in [2.75, 3.05) is 0 Å². The van der Waals surface area contributed by atoms with Crippen LogP contribution in [0.2, 0.25) is 0 Å². The van der Waals surface area contributed by atoms with Gasteiger partial charge in [-0.1, -0.05) is 18.2 Å². The van der Waals surface area contributed by atoms with Gasteiger partial charge in [0.2, 0.25) is 5.91 Å². The molecular weight excluding hydrogens is 140 g/mol. The summed E-state index contributed by atoms with van der Waals surface area (Å²) in [6.07, 6.45) is 7.55. The highest BCUT2D eigenvalue weighted by Gasteiger charge is 1.78. The van der Waals surface area contributed by atoms with Crippen LogP contribution in [0.5, 0.6) is 0 Å². The molecule has 0 aromatic heterocycles. The molecule has 0 aliphatic rings. The smallest absolute Gasteiger partial charge is 0.241 e. The summed E-state index contributed by atoms with van der Waals surface area (Å²) in [5.41, 5.74) is 4.83. The molecule has 0 spiro atoms. The summed E-state index contributed by atoms with van der Waals surface area (Å²) in [7, 11) is 0. The molecule has 1 amide bonds. The lowest BCUT2D eigenvalue weighted by Gasteiger charge is -1.79. The van der Waals surface area contributed by atoms with Crippen molar-refractivity contribution in [3.05, 3.63) is 24.3 Å². The Morgan fingerprint density at radius 3 is 2.73 bits per heavy atom. The van der Waals surface area contributed by atoms with Crippen LogP contribution < -0.4 is 5.73 Å². The summed E-state index contributed by atoms with van der Waals surface area (Å²) in [6.45, 7) is 0. The minimum absolute atomic E-state index is 0.407. The summed E-state index contributed by atoms with van der Waals surface area (Å²) in [5.74, 6) is -0.446. The van der Waals surface area contributed by atoms with Crippen molar-refractivity contribution in [1.29, 1.82) is 5.26 Å². The maximum Gasteiger partial charge on any atom is 0.241 e. The van der Waals surface area contributed by atoms with Gasteiger partial charge in [0.25, 0.3) is 0 Å². The predicted molar refractivity (Wildman–Crippen MR) is 42.3 cm³/mol. The van der Waals surface area contributed by atoms with E-state index in [9.17, 15) is 4.79 Å². The zero-order chi connectivity index (χ0) is 8.53. The number of rotatable bonds is 4. The van der Waals surface area contributed by atoms with Gasteiger partial charge < -0.3 is 5.73 Å². The zero-order valence-corrected chi connectivity index (χ0v) is 6.16. The van der Waals surface area contributed by atoms with Crippen LogP contribution in [0.25, 0.3) is 0 Å². The molecule has 0 bridgehead atoms. The molecule has 0 saturated carbocycles. The van der Waals surface area contributed by atoms with Crippen LogP contribution in [0.1, 0.15) is 12.8 Å². The number of carbonyl (C=O) groups excluding carboxylic acids is 1. The Morgan fingerprint density at radius 2 is 2.18 bits per heavy atom. The molecule has 2 N–H and O–H groups in total. The summed E-state index contributed by atoms with van der Waals surface area (Å²) in [5, 5.41) is 8.12. The van der Waals surface area contributed by atoms with Gasteiger partial charge in [0, 0.05) is 0 Å². The van der Waals surface area contributed by atoms with E-state index in [0.717, 1.165) is 0 Å². The van der Waals surface area contributed by atoms with Gasteiger partial charge in [0.15, 0.2) is 0 Å². The van der Waals surface area contributed by atoms with Gasteiger partial charge in [-0.15, -0.1) is 0 Å². The lowest BCUT2D eigenvalue weighted by Crippen LogP contribution is -2.04. The van der Waals surface area contributed by atoms with E-state index < -0.39 is 5.91 Å². The molecule has 0 aliphatic heterocycles. The van der Waals surface area contributed by atoms with Crippen LogP contribution in [0.15, 0.2) is 24.3 Å². The second-order valence-corrected chi connectivity index (χ2v) is 1.87. The molecule has 0 aromatic carbocycles. The van der Waals surface area contributed by atoms with Gasteiger partial charge in [0.1, 0.15) is 0 Å². The van der Waals surface area contributed by atoms with Gasteiger partial charge in [-0.25, -0.2) is 0 Å². The molecule has 3 nitrogen and oxygen atoms in total. The number of amides is 1. The molecule has 0 fully saturated rings. The summed E-state index contributed by atoms with van der Waals surface area (Å²) in [6, 6.07) is 1.96. The average Bonchev–Trinajstić information content (AvgIpc) is 1.96. The van der Waals surface area contributed by atoms with Gasteiger partial charge in [-0.3, -0.25) is 4.79 Å². The van der Waals surface area contributed by atoms with Crippen molar-refractivity contribution >= 4 is 5.91 Å². The monoisotopic (exact) mass is 150 g/mol. The lowest BCUT2D eigenvalue weighted by molar-refractivity contribution is -0.113. The zero-order valence-electron chi connectivity index (χ0n) is 6.16. The van der Waals surface area contributed by atoms with Crippen molar-refractivity contribution in [3.63, 3.8) is 0 Å². The van der Waals surface area contributed by atoms with Crippen molar-refractivity contribution < 1.29 is 4.79 Å². The van der Waals surface area contributed by atoms with Crippen LogP contribution in [-0.4, -0.2) is 5.91 Å². The first-order chi connectivity index (χ1) is 5.27. The number of hydrogen-bond acceptors (Lipinski definition) is 2. The number of primary amides is 1. The number of nitrogens with two attached hydrogens (primary N) is 1. The van der Waals surface area contributed by atoms with E-state index in [1.807, 2.05) is 12.1 Å². The van der Waals surface area contributed by atoms with E-state index >= 15 is 0 Å². The van der Waals surface area contributed by atoms with Crippen LogP contribution in [0, 0.1) is 11.3 Å². The number of carbonyl (C=O) groups is 1. The Kier molecular flexibility index (Phi) is 5.63. The normalized spacial score (nSPS) is 10.5. The second kappa shape index (κ2) is 6.56. The summed E-state index contributed by atoms with van der Waals surface area (Å²) < 4.78 is 0. The number of allylic oxidation sites excluding steroid dienone is 3. The fraction of sp³-hybridized carbons (Fsp3) is 0.250. The Bertz CT molecular complexity index is 211. The second-order valence-electron chi connectivity index (χ2n) is 1.87. The van der Waals surface area contributed by atoms with E-state index in [0.29, 0.717) is 12.8 Å². The van der Waals surface area contributed by atoms with Crippen LogP contribution in [0.4, 0.5) is 0 Å². The fourth-order valence-corrected chi connectivity index (χ4v) is 0.495. The molecule has 58 valence electrons. The quantitative estimate of drug-likeness (QED) is 0.477. The highest BCUT2D eigenvalue weighted by Crippen LogP contribution is 1.87. The third-order valence-corrected chi connectivity index (χ3v) is 0.930. The van der Waals surface area contributed by atoms with E-state index in [1.54, 1.807) is 12.2 Å². The first-order valence-corrected chi connectivity index (χ1v) is 3.25.